The van der Waals surface area contributed by atoms with Crippen LogP contribution in [-0.4, -0.2) is 46.8 Å². The third kappa shape index (κ3) is 4.57. The second-order valence-corrected chi connectivity index (χ2v) is 8.65. The summed E-state index contributed by atoms with van der Waals surface area (Å²) >= 11 is 0. The van der Waals surface area contributed by atoms with Gasteiger partial charge in [0.05, 0.1) is 12.5 Å². The number of amides is 1. The number of carbonyl (C=O) groups is 2. The predicted octanol–water partition coefficient (Wildman–Crippen LogP) is 3.23. The van der Waals surface area contributed by atoms with E-state index in [2.05, 4.69) is 29.0 Å². The second kappa shape index (κ2) is 8.45. The number of carbonyl (C=O) groups excluding carboxylic acids is 1. The zero-order valence-electron chi connectivity index (χ0n) is 17.6. The van der Waals surface area contributed by atoms with Crippen molar-refractivity contribution in [3.05, 3.63) is 42.0 Å². The molecule has 4 rings (SSSR count). The molecule has 8 nitrogen and oxygen atoms in total. The summed E-state index contributed by atoms with van der Waals surface area (Å²) in [5.74, 6) is 0.562. The molecule has 2 fully saturated rings. The number of ether oxygens (including phenoxy) is 1. The van der Waals surface area contributed by atoms with E-state index in [-0.39, 0.29) is 35.3 Å². The second-order valence-electron chi connectivity index (χ2n) is 8.65. The first-order chi connectivity index (χ1) is 14.8. The smallest absolute Gasteiger partial charge is 0.307 e. The number of fused-ring (bicyclic) bond motifs is 1. The zero-order chi connectivity index (χ0) is 22.1. The lowest BCUT2D eigenvalue weighted by molar-refractivity contribution is -0.139. The van der Waals surface area contributed by atoms with Crippen LogP contribution in [0.2, 0.25) is 0 Å². The summed E-state index contributed by atoms with van der Waals surface area (Å²) in [7, 11) is 0. The Hall–Kier alpha value is -3.29. The van der Waals surface area contributed by atoms with Gasteiger partial charge >= 0.3 is 5.97 Å². The van der Waals surface area contributed by atoms with Crippen molar-refractivity contribution < 1.29 is 24.5 Å². The van der Waals surface area contributed by atoms with Crippen LogP contribution in [0.4, 0.5) is 11.5 Å². The minimum atomic E-state index is -0.721. The number of piperidine rings is 1. The summed E-state index contributed by atoms with van der Waals surface area (Å²) in [6.45, 7) is 5.94. The number of aliphatic carboxylic acids is 1. The third-order valence-corrected chi connectivity index (χ3v) is 5.95. The molecule has 164 valence electrons. The average molecular weight is 425 g/mol. The molecule has 1 aromatic carbocycles. The van der Waals surface area contributed by atoms with Gasteiger partial charge in [0.1, 0.15) is 17.1 Å². The maximum atomic E-state index is 12.9. The van der Waals surface area contributed by atoms with Crippen LogP contribution in [0.1, 0.15) is 30.6 Å². The van der Waals surface area contributed by atoms with E-state index in [4.69, 9.17) is 4.74 Å². The van der Waals surface area contributed by atoms with Gasteiger partial charge < -0.3 is 25.2 Å². The third-order valence-electron chi connectivity index (χ3n) is 5.95. The Labute approximate surface area is 180 Å². The van der Waals surface area contributed by atoms with Gasteiger partial charge in [-0.2, -0.15) is 4.98 Å². The van der Waals surface area contributed by atoms with Crippen LogP contribution in [0.25, 0.3) is 0 Å². The van der Waals surface area contributed by atoms with Crippen LogP contribution in [0.3, 0.4) is 0 Å². The van der Waals surface area contributed by atoms with Crippen molar-refractivity contribution in [3.8, 4) is 11.6 Å². The summed E-state index contributed by atoms with van der Waals surface area (Å²) in [5.41, 5.74) is 0.882. The molecule has 0 bridgehead atoms. The SMILES string of the molecule is CC(C)CCOc1nc(N2C[C@@H]3C(C(=O)O)[C@@H]3C2)ccc1C(=O)Nc1ccc(O)cc1. The molecular formula is C23H27N3O5. The number of hydrogen-bond acceptors (Lipinski definition) is 6. The molecule has 8 heteroatoms. The molecule has 1 saturated carbocycles. The van der Waals surface area contributed by atoms with Crippen LogP contribution in [0.5, 0.6) is 11.6 Å². The minimum Gasteiger partial charge on any atom is -0.508 e. The molecule has 2 heterocycles. The number of nitrogens with zero attached hydrogens (tertiary/aromatic N) is 2. The highest BCUT2D eigenvalue weighted by Crippen LogP contribution is 2.52. The number of aromatic hydroxyl groups is 1. The van der Waals surface area contributed by atoms with Gasteiger partial charge in [-0.25, -0.2) is 0 Å². The number of rotatable bonds is 8. The molecule has 3 atom stereocenters. The van der Waals surface area contributed by atoms with E-state index < -0.39 is 5.97 Å². The highest BCUT2D eigenvalue weighted by molar-refractivity contribution is 6.06. The number of anilines is 2. The first-order valence-electron chi connectivity index (χ1n) is 10.6. The van der Waals surface area contributed by atoms with Gasteiger partial charge in [0.25, 0.3) is 5.91 Å². The molecule has 2 aromatic rings. The van der Waals surface area contributed by atoms with Crippen molar-refractivity contribution in [2.75, 3.05) is 29.9 Å². The largest absolute Gasteiger partial charge is 0.508 e. The molecule has 0 radical (unpaired) electrons. The van der Waals surface area contributed by atoms with Crippen molar-refractivity contribution in [2.45, 2.75) is 20.3 Å². The minimum absolute atomic E-state index is 0.121. The number of pyridine rings is 1. The standard InChI is InChI=1S/C23H27N3O5/c1-13(2)9-10-31-22-16(21(28)24-14-3-5-15(27)6-4-14)7-8-19(25-22)26-11-17-18(12-26)20(17)23(29)30/h3-8,13,17-18,20,27H,9-12H2,1-2H3,(H,24,28)(H,29,30)/t17-,18+,20?. The van der Waals surface area contributed by atoms with Gasteiger partial charge in [-0.15, -0.1) is 0 Å². The molecule has 31 heavy (non-hydrogen) atoms. The molecular weight excluding hydrogens is 398 g/mol. The van der Waals surface area contributed by atoms with Crippen molar-refractivity contribution in [3.63, 3.8) is 0 Å². The monoisotopic (exact) mass is 425 g/mol. The fourth-order valence-corrected chi connectivity index (χ4v) is 4.10. The maximum absolute atomic E-state index is 12.9. The van der Waals surface area contributed by atoms with Gasteiger partial charge in [0.15, 0.2) is 0 Å². The van der Waals surface area contributed by atoms with Gasteiger partial charge in [0, 0.05) is 18.8 Å². The van der Waals surface area contributed by atoms with E-state index in [1.165, 1.54) is 12.1 Å². The molecule has 2 aliphatic rings. The summed E-state index contributed by atoms with van der Waals surface area (Å²) in [6, 6.07) is 9.70. The highest BCUT2D eigenvalue weighted by Gasteiger charge is 2.60. The summed E-state index contributed by atoms with van der Waals surface area (Å²) in [5, 5.41) is 21.4. The zero-order valence-corrected chi connectivity index (χ0v) is 17.6. The van der Waals surface area contributed by atoms with E-state index >= 15 is 0 Å². The van der Waals surface area contributed by atoms with E-state index in [1.54, 1.807) is 24.3 Å². The molecule has 1 aliphatic carbocycles. The van der Waals surface area contributed by atoms with E-state index in [0.717, 1.165) is 6.42 Å². The summed E-state index contributed by atoms with van der Waals surface area (Å²) in [6.07, 6.45) is 0.832. The first-order valence-corrected chi connectivity index (χ1v) is 10.6. The Morgan fingerprint density at radius 3 is 2.45 bits per heavy atom. The molecule has 1 amide bonds. The van der Waals surface area contributed by atoms with E-state index in [9.17, 15) is 19.8 Å². The van der Waals surface area contributed by atoms with Gasteiger partial charge in [0.2, 0.25) is 5.88 Å². The van der Waals surface area contributed by atoms with Crippen molar-refractivity contribution in [1.29, 1.82) is 0 Å². The Bertz CT molecular complexity index is 964. The molecule has 1 aliphatic heterocycles. The van der Waals surface area contributed by atoms with Crippen molar-refractivity contribution in [1.82, 2.24) is 4.98 Å². The maximum Gasteiger partial charge on any atom is 0.307 e. The van der Waals surface area contributed by atoms with Crippen LogP contribution >= 0.6 is 0 Å². The topological polar surface area (TPSA) is 112 Å². The Morgan fingerprint density at radius 2 is 1.84 bits per heavy atom. The number of phenols is 1. The van der Waals surface area contributed by atoms with Gasteiger partial charge in [-0.3, -0.25) is 9.59 Å². The van der Waals surface area contributed by atoms with E-state index in [1.807, 2.05) is 0 Å². The fourth-order valence-electron chi connectivity index (χ4n) is 4.10. The Balaban J connectivity index is 1.51. The number of benzene rings is 1. The average Bonchev–Trinajstić information content (AvgIpc) is 3.24. The number of nitrogens with one attached hydrogen (secondary N) is 1. The van der Waals surface area contributed by atoms with Crippen molar-refractivity contribution >= 4 is 23.4 Å². The quantitative estimate of drug-likeness (QED) is 0.557. The lowest BCUT2D eigenvalue weighted by Gasteiger charge is -2.22. The first kappa shape index (κ1) is 21.0. The van der Waals surface area contributed by atoms with Gasteiger partial charge in [-0.05, 0) is 60.6 Å². The fraction of sp³-hybridized carbons (Fsp3) is 0.435. The number of phenolic OH excluding ortho intramolecular Hbond substituents is 1. The summed E-state index contributed by atoms with van der Waals surface area (Å²) in [4.78, 5) is 30.7. The highest BCUT2D eigenvalue weighted by atomic mass is 16.5. The summed E-state index contributed by atoms with van der Waals surface area (Å²) < 4.78 is 5.89. The number of carboxylic acid groups (broad SMARTS) is 1. The molecule has 1 unspecified atom stereocenters. The molecule has 3 N–H and O–H groups in total. The Kier molecular flexibility index (Phi) is 5.71. The molecule has 1 saturated heterocycles. The molecule has 0 spiro atoms. The molecule has 1 aromatic heterocycles. The number of carboxylic acids is 1. The normalized spacial score (nSPS) is 21.6. The lowest BCUT2D eigenvalue weighted by atomic mass is 10.1. The van der Waals surface area contributed by atoms with Crippen LogP contribution in [-0.2, 0) is 4.79 Å². The van der Waals surface area contributed by atoms with Crippen LogP contribution in [0, 0.1) is 23.7 Å². The van der Waals surface area contributed by atoms with Crippen molar-refractivity contribution in [2.24, 2.45) is 23.7 Å². The van der Waals surface area contributed by atoms with Crippen LogP contribution < -0.4 is 15.0 Å². The number of hydrogen-bond donors (Lipinski definition) is 3. The Morgan fingerprint density at radius 1 is 1.16 bits per heavy atom. The predicted molar refractivity (Wildman–Crippen MR) is 116 cm³/mol. The van der Waals surface area contributed by atoms with Gasteiger partial charge in [-0.1, -0.05) is 13.8 Å². The number of aromatic nitrogens is 1. The van der Waals surface area contributed by atoms with Crippen LogP contribution in [0.15, 0.2) is 36.4 Å². The van der Waals surface area contributed by atoms with E-state index in [0.29, 0.717) is 42.7 Å². The lowest BCUT2D eigenvalue weighted by Crippen LogP contribution is -2.27.